The second-order valence-electron chi connectivity index (χ2n) is 7.81. The first-order valence-electron chi connectivity index (χ1n) is 9.90. The number of nitrogens with zero attached hydrogens (tertiary/aromatic N) is 1. The Morgan fingerprint density at radius 3 is 2.63 bits per heavy atom. The number of likely N-dealkylation sites (tertiary alicyclic amines) is 1. The molecular weight excluding hydrogens is 344 g/mol. The lowest BCUT2D eigenvalue weighted by molar-refractivity contribution is -0.128. The van der Waals surface area contributed by atoms with Crippen molar-refractivity contribution in [3.05, 3.63) is 33.2 Å². The molecule has 2 amide bonds. The van der Waals surface area contributed by atoms with Gasteiger partial charge in [-0.05, 0) is 40.0 Å². The fourth-order valence-electron chi connectivity index (χ4n) is 3.91. The molecule has 7 nitrogen and oxygen atoms in total. The van der Waals surface area contributed by atoms with Crippen molar-refractivity contribution >= 4 is 11.8 Å². The van der Waals surface area contributed by atoms with Crippen molar-refractivity contribution in [2.24, 2.45) is 5.92 Å². The molecule has 0 aromatic carbocycles. The number of carbonyl (C=O) groups excluding carboxylic acids is 2. The number of rotatable bonds is 6. The molecule has 0 bridgehead atoms. The number of nitrogens with one attached hydrogen (secondary N) is 3. The van der Waals surface area contributed by atoms with Gasteiger partial charge in [0.2, 0.25) is 11.8 Å². The van der Waals surface area contributed by atoms with Gasteiger partial charge in [0.15, 0.2) is 5.43 Å². The van der Waals surface area contributed by atoms with Gasteiger partial charge in [0.05, 0.1) is 6.04 Å². The third-order valence-electron chi connectivity index (χ3n) is 5.85. The van der Waals surface area contributed by atoms with Gasteiger partial charge in [-0.1, -0.05) is 6.42 Å². The van der Waals surface area contributed by atoms with Crippen LogP contribution in [0.25, 0.3) is 0 Å². The molecule has 1 saturated heterocycles. The van der Waals surface area contributed by atoms with Crippen LogP contribution in [0.15, 0.2) is 11.0 Å². The molecule has 0 radical (unpaired) electrons. The van der Waals surface area contributed by atoms with E-state index in [2.05, 4.69) is 20.5 Å². The van der Waals surface area contributed by atoms with E-state index in [1.807, 2.05) is 13.8 Å². The molecule has 2 heterocycles. The molecule has 27 heavy (non-hydrogen) atoms. The summed E-state index contributed by atoms with van der Waals surface area (Å²) in [7, 11) is 0. The van der Waals surface area contributed by atoms with E-state index in [0.717, 1.165) is 25.0 Å². The average Bonchev–Trinajstić information content (AvgIpc) is 2.96. The molecule has 0 spiro atoms. The van der Waals surface area contributed by atoms with Crippen molar-refractivity contribution in [3.63, 3.8) is 0 Å². The molecule has 1 saturated carbocycles. The van der Waals surface area contributed by atoms with Crippen LogP contribution in [-0.4, -0.2) is 46.9 Å². The van der Waals surface area contributed by atoms with Crippen LogP contribution in [0.2, 0.25) is 0 Å². The number of H-pyrrole nitrogens is 1. The van der Waals surface area contributed by atoms with Gasteiger partial charge < -0.3 is 15.6 Å². The Kier molecular flexibility index (Phi) is 5.99. The summed E-state index contributed by atoms with van der Waals surface area (Å²) in [6.07, 6.45) is 5.37. The van der Waals surface area contributed by atoms with Crippen molar-refractivity contribution in [3.8, 4) is 0 Å². The maximum atomic E-state index is 12.5. The zero-order chi connectivity index (χ0) is 19.6. The van der Waals surface area contributed by atoms with Crippen LogP contribution < -0.4 is 16.1 Å². The maximum absolute atomic E-state index is 12.5. The Hall–Kier alpha value is -2.15. The van der Waals surface area contributed by atoms with Gasteiger partial charge in [0.1, 0.15) is 0 Å². The first kappa shape index (κ1) is 19.6. The number of aryl methyl sites for hydroxylation is 1. The van der Waals surface area contributed by atoms with Crippen LogP contribution in [0.3, 0.4) is 0 Å². The van der Waals surface area contributed by atoms with E-state index in [9.17, 15) is 14.4 Å². The van der Waals surface area contributed by atoms with Crippen molar-refractivity contribution in [2.75, 3.05) is 13.1 Å². The second-order valence-corrected chi connectivity index (χ2v) is 7.81. The topological polar surface area (TPSA) is 94.3 Å². The number of pyridine rings is 1. The van der Waals surface area contributed by atoms with E-state index in [4.69, 9.17) is 0 Å². The van der Waals surface area contributed by atoms with Crippen LogP contribution in [0.4, 0.5) is 0 Å². The van der Waals surface area contributed by atoms with Crippen LogP contribution >= 0.6 is 0 Å². The van der Waals surface area contributed by atoms with Crippen molar-refractivity contribution in [2.45, 2.75) is 65.1 Å². The minimum atomic E-state index is -0.305. The average molecular weight is 374 g/mol. The highest BCUT2D eigenvalue weighted by atomic mass is 16.2. The summed E-state index contributed by atoms with van der Waals surface area (Å²) in [5.41, 5.74) is 2.23. The lowest BCUT2D eigenvalue weighted by atomic mass is 9.84. The number of hydrogen-bond acceptors (Lipinski definition) is 4. The van der Waals surface area contributed by atoms with Crippen molar-refractivity contribution < 1.29 is 9.59 Å². The van der Waals surface area contributed by atoms with Crippen molar-refractivity contribution in [1.29, 1.82) is 0 Å². The largest absolute Gasteiger partial charge is 0.363 e. The number of amides is 2. The summed E-state index contributed by atoms with van der Waals surface area (Å²) < 4.78 is 0. The van der Waals surface area contributed by atoms with E-state index >= 15 is 0 Å². The predicted molar refractivity (Wildman–Crippen MR) is 103 cm³/mol. The van der Waals surface area contributed by atoms with Crippen LogP contribution in [0.1, 0.15) is 49.4 Å². The van der Waals surface area contributed by atoms with E-state index in [1.54, 1.807) is 13.1 Å². The van der Waals surface area contributed by atoms with Crippen LogP contribution in [0.5, 0.6) is 0 Å². The predicted octanol–water partition coefficient (Wildman–Crippen LogP) is 0.987. The van der Waals surface area contributed by atoms with Gasteiger partial charge in [-0.25, -0.2) is 0 Å². The lowest BCUT2D eigenvalue weighted by Gasteiger charge is -2.26. The van der Waals surface area contributed by atoms with Gasteiger partial charge >= 0.3 is 0 Å². The molecular formula is C20H30N4O3. The molecule has 1 aliphatic heterocycles. The third kappa shape index (κ3) is 4.24. The fraction of sp³-hybridized carbons (Fsp3) is 0.650. The second kappa shape index (κ2) is 8.25. The van der Waals surface area contributed by atoms with Gasteiger partial charge in [0, 0.05) is 54.6 Å². The quantitative estimate of drug-likeness (QED) is 0.692. The number of aromatic amines is 1. The Bertz CT molecular complexity index is 769. The summed E-state index contributed by atoms with van der Waals surface area (Å²) in [5, 5.41) is 6.02. The first-order chi connectivity index (χ1) is 12.9. The Morgan fingerprint density at radius 1 is 1.26 bits per heavy atom. The molecule has 1 aliphatic carbocycles. The number of likely N-dealkylation sites (N-methyl/N-ethyl adjacent to an activating group) is 1. The summed E-state index contributed by atoms with van der Waals surface area (Å²) in [6, 6.07) is -0.343. The van der Waals surface area contributed by atoms with Gasteiger partial charge in [-0.2, -0.15) is 0 Å². The van der Waals surface area contributed by atoms with Crippen LogP contribution in [0, 0.1) is 19.8 Å². The van der Waals surface area contributed by atoms with Gasteiger partial charge in [0.25, 0.3) is 0 Å². The lowest BCUT2D eigenvalue weighted by Crippen LogP contribution is -2.43. The Morgan fingerprint density at radius 2 is 2.00 bits per heavy atom. The molecule has 1 aromatic heterocycles. The monoisotopic (exact) mass is 374 g/mol. The summed E-state index contributed by atoms with van der Waals surface area (Å²) >= 11 is 0. The minimum Gasteiger partial charge on any atom is -0.363 e. The SMILES string of the molecule is CCNC(=O)[C@@H]1C[C@H](NC(=O)C2CCC2)CN1Cc1[nH]cc(C)c(=O)c1C. The van der Waals surface area contributed by atoms with Gasteiger partial charge in [-0.15, -0.1) is 0 Å². The minimum absolute atomic E-state index is 0.0231. The normalized spacial score (nSPS) is 23.1. The molecule has 7 heteroatoms. The summed E-state index contributed by atoms with van der Waals surface area (Å²) in [4.78, 5) is 42.3. The van der Waals surface area contributed by atoms with Gasteiger partial charge in [-0.3, -0.25) is 19.3 Å². The van der Waals surface area contributed by atoms with E-state index in [0.29, 0.717) is 37.2 Å². The summed E-state index contributed by atoms with van der Waals surface area (Å²) in [6.45, 7) is 7.16. The Balaban J connectivity index is 1.73. The molecule has 3 N–H and O–H groups in total. The summed E-state index contributed by atoms with van der Waals surface area (Å²) in [5.74, 6) is 0.227. The van der Waals surface area contributed by atoms with Crippen molar-refractivity contribution in [1.82, 2.24) is 20.5 Å². The molecule has 0 unspecified atom stereocenters. The third-order valence-corrected chi connectivity index (χ3v) is 5.85. The Labute approximate surface area is 159 Å². The molecule has 2 aliphatic rings. The van der Waals surface area contributed by atoms with E-state index in [1.165, 1.54) is 0 Å². The molecule has 1 aromatic rings. The number of carbonyl (C=O) groups is 2. The highest BCUT2D eigenvalue weighted by Crippen LogP contribution is 2.27. The zero-order valence-corrected chi connectivity index (χ0v) is 16.4. The smallest absolute Gasteiger partial charge is 0.237 e. The molecule has 3 rings (SSSR count). The molecule has 2 fully saturated rings. The van der Waals surface area contributed by atoms with Crippen LogP contribution in [-0.2, 0) is 16.1 Å². The maximum Gasteiger partial charge on any atom is 0.237 e. The zero-order valence-electron chi connectivity index (χ0n) is 16.4. The molecule has 2 atom stereocenters. The fourth-order valence-corrected chi connectivity index (χ4v) is 3.91. The van der Waals surface area contributed by atoms with E-state index < -0.39 is 0 Å². The number of hydrogen-bond donors (Lipinski definition) is 3. The van der Waals surface area contributed by atoms with E-state index in [-0.39, 0.29) is 35.2 Å². The molecule has 148 valence electrons. The highest BCUT2D eigenvalue weighted by Gasteiger charge is 2.38. The highest BCUT2D eigenvalue weighted by molar-refractivity contribution is 5.83. The first-order valence-corrected chi connectivity index (χ1v) is 9.90. The number of aromatic nitrogens is 1. The standard InChI is InChI=1S/C20H30N4O3/c1-4-21-20(27)17-8-15(23-19(26)14-6-5-7-14)10-24(17)11-16-13(3)18(25)12(2)9-22-16/h9,14-15,17H,4-8,10-11H2,1-3H3,(H,21,27)(H,22,25)(H,23,26)/t15-,17-/m0/s1.